The second-order valence-corrected chi connectivity index (χ2v) is 7.97. The number of piperazine rings is 1. The van der Waals surface area contributed by atoms with Crippen LogP contribution in [0.2, 0.25) is 10.0 Å². The summed E-state index contributed by atoms with van der Waals surface area (Å²) in [5.41, 5.74) is -3.85. The molecule has 3 aromatic rings. The number of rotatable bonds is 3. The van der Waals surface area contributed by atoms with Crippen molar-refractivity contribution in [2.45, 2.75) is 6.18 Å². The van der Waals surface area contributed by atoms with Crippen LogP contribution in [0.5, 0.6) is 0 Å². The molecule has 0 saturated carbocycles. The van der Waals surface area contributed by atoms with Crippen LogP contribution in [0.25, 0.3) is 11.0 Å². The van der Waals surface area contributed by atoms with E-state index in [1.165, 1.54) is 18.2 Å². The van der Waals surface area contributed by atoms with Gasteiger partial charge in [-0.15, -0.1) is 4.73 Å². The summed E-state index contributed by atoms with van der Waals surface area (Å²) in [6.07, 6.45) is -5.26. The number of nitrogens with one attached hydrogen (secondary N) is 1. The van der Waals surface area contributed by atoms with E-state index < -0.39 is 33.6 Å². The number of anilines is 1. The van der Waals surface area contributed by atoms with Gasteiger partial charge in [0.1, 0.15) is 0 Å². The molecule has 1 saturated heterocycles. The fraction of sp³-hybridized carbons (Fsp3) is 0.250. The second-order valence-electron chi connectivity index (χ2n) is 7.15. The second kappa shape index (κ2) is 8.27. The average Bonchev–Trinajstić information content (AvgIpc) is 2.77. The Morgan fingerprint density at radius 2 is 1.66 bits per heavy atom. The first kappa shape index (κ1) is 22.4. The molecule has 1 aliphatic rings. The van der Waals surface area contributed by atoms with Crippen molar-refractivity contribution in [1.29, 1.82) is 0 Å². The molecule has 1 N–H and O–H groups in total. The van der Waals surface area contributed by atoms with E-state index in [0.29, 0.717) is 31.9 Å². The van der Waals surface area contributed by atoms with Crippen molar-refractivity contribution in [3.8, 4) is 0 Å². The molecule has 0 amide bonds. The standard InChI is InChI=1S/C20H15Cl2F3N4O3/c21-13-3-1-11(9-14(13)22)18(30)17-19(20(23,24)25)29(32)15-4-2-12(10-16(15)28(17)31)27-7-5-26-6-8-27/h1-4,9-10,26H,5-8H2. The smallest absolute Gasteiger partial charge is 0.486 e. The molecule has 0 aliphatic carbocycles. The lowest BCUT2D eigenvalue weighted by atomic mass is 10.1. The number of alkyl halides is 3. The van der Waals surface area contributed by atoms with Crippen molar-refractivity contribution in [3.05, 3.63) is 73.8 Å². The molecule has 2 aromatic carbocycles. The summed E-state index contributed by atoms with van der Waals surface area (Å²) in [6, 6.07) is 7.33. The highest BCUT2D eigenvalue weighted by Crippen LogP contribution is 2.32. The first-order valence-corrected chi connectivity index (χ1v) is 10.2. The van der Waals surface area contributed by atoms with Gasteiger partial charge >= 0.3 is 17.6 Å². The summed E-state index contributed by atoms with van der Waals surface area (Å²) < 4.78 is 40.9. The minimum Gasteiger partial charge on any atom is -0.618 e. The highest BCUT2D eigenvalue weighted by atomic mass is 35.5. The highest BCUT2D eigenvalue weighted by Gasteiger charge is 2.51. The van der Waals surface area contributed by atoms with Crippen LogP contribution in [0, 0.1) is 10.4 Å². The topological polar surface area (TPSA) is 86.2 Å². The van der Waals surface area contributed by atoms with Crippen LogP contribution in [-0.4, -0.2) is 32.0 Å². The third kappa shape index (κ3) is 3.89. The number of aromatic nitrogens is 2. The van der Waals surface area contributed by atoms with Crippen molar-refractivity contribution in [1.82, 2.24) is 5.32 Å². The Bertz CT molecular complexity index is 1230. The fourth-order valence-corrected chi connectivity index (χ4v) is 3.92. The van der Waals surface area contributed by atoms with Gasteiger partial charge in [0.05, 0.1) is 10.0 Å². The maximum Gasteiger partial charge on any atom is 0.486 e. The SMILES string of the molecule is O=C(c1ccc(Cl)c(Cl)c1)c1c(C(F)(F)F)[n+]([O-])c2ccc(N3CCNCC3)cc2[n+]1[O-]. The van der Waals surface area contributed by atoms with Gasteiger partial charge in [-0.25, -0.2) is 0 Å². The normalized spacial score (nSPS) is 14.7. The first-order chi connectivity index (χ1) is 15.1. The van der Waals surface area contributed by atoms with Gasteiger partial charge < -0.3 is 20.6 Å². The molecule has 2 heterocycles. The van der Waals surface area contributed by atoms with Crippen LogP contribution in [0.3, 0.4) is 0 Å². The molecule has 0 atom stereocenters. The van der Waals surface area contributed by atoms with E-state index in [-0.39, 0.29) is 25.9 Å². The van der Waals surface area contributed by atoms with Crippen molar-refractivity contribution in [2.24, 2.45) is 0 Å². The Kier molecular flexibility index (Phi) is 5.78. The summed E-state index contributed by atoms with van der Waals surface area (Å²) >= 11 is 11.7. The van der Waals surface area contributed by atoms with Gasteiger partial charge in [-0.05, 0) is 24.3 Å². The van der Waals surface area contributed by atoms with E-state index in [4.69, 9.17) is 23.2 Å². The van der Waals surface area contributed by atoms with Crippen LogP contribution < -0.4 is 19.7 Å². The lowest BCUT2D eigenvalue weighted by Crippen LogP contribution is -2.50. The van der Waals surface area contributed by atoms with E-state index in [1.54, 1.807) is 0 Å². The van der Waals surface area contributed by atoms with E-state index >= 15 is 0 Å². The predicted molar refractivity (Wildman–Crippen MR) is 112 cm³/mol. The molecule has 0 spiro atoms. The van der Waals surface area contributed by atoms with Gasteiger partial charge in [0, 0.05) is 49.6 Å². The minimum absolute atomic E-state index is 0.0762. The molecule has 1 aliphatic heterocycles. The molecular weight excluding hydrogens is 472 g/mol. The molecule has 12 heteroatoms. The van der Waals surface area contributed by atoms with Crippen molar-refractivity contribution in [3.63, 3.8) is 0 Å². The van der Waals surface area contributed by atoms with Gasteiger partial charge in [-0.2, -0.15) is 17.9 Å². The lowest BCUT2D eigenvalue weighted by molar-refractivity contribution is -0.647. The number of hydrogen-bond donors (Lipinski definition) is 1. The Morgan fingerprint density at radius 1 is 0.969 bits per heavy atom. The van der Waals surface area contributed by atoms with Gasteiger partial charge in [0.2, 0.25) is 0 Å². The Labute approximate surface area is 189 Å². The quantitative estimate of drug-likeness (QED) is 0.349. The molecular formula is C20H15Cl2F3N4O3. The van der Waals surface area contributed by atoms with Crippen LogP contribution in [0.15, 0.2) is 36.4 Å². The number of fused-ring (bicyclic) bond motifs is 1. The van der Waals surface area contributed by atoms with Crippen molar-refractivity contribution in [2.75, 3.05) is 31.1 Å². The highest BCUT2D eigenvalue weighted by molar-refractivity contribution is 6.42. The molecule has 1 aromatic heterocycles. The number of carbonyl (C=O) groups is 1. The Morgan fingerprint density at radius 3 is 2.28 bits per heavy atom. The maximum atomic E-state index is 13.8. The molecule has 4 rings (SSSR count). The molecule has 32 heavy (non-hydrogen) atoms. The number of carbonyl (C=O) groups excluding carboxylic acids is 1. The summed E-state index contributed by atoms with van der Waals surface area (Å²) in [7, 11) is 0. The zero-order chi connectivity index (χ0) is 23.2. The van der Waals surface area contributed by atoms with Crippen LogP contribution >= 0.6 is 23.2 Å². The summed E-state index contributed by atoms with van der Waals surface area (Å²) in [5, 5.41) is 29.0. The number of benzene rings is 2. The lowest BCUT2D eigenvalue weighted by Gasteiger charge is -2.29. The van der Waals surface area contributed by atoms with Crippen LogP contribution in [0.1, 0.15) is 21.7 Å². The molecule has 1 fully saturated rings. The summed E-state index contributed by atoms with van der Waals surface area (Å²) in [5.74, 6) is -1.30. The Balaban J connectivity index is 1.97. The molecule has 0 radical (unpaired) electrons. The summed E-state index contributed by atoms with van der Waals surface area (Å²) in [4.78, 5) is 14.9. The third-order valence-electron chi connectivity index (χ3n) is 5.17. The van der Waals surface area contributed by atoms with Gasteiger partial charge in [0.15, 0.2) is 0 Å². The number of hydrogen-bond acceptors (Lipinski definition) is 5. The zero-order valence-corrected chi connectivity index (χ0v) is 17.8. The van der Waals surface area contributed by atoms with Crippen molar-refractivity contribution >= 4 is 45.7 Å². The van der Waals surface area contributed by atoms with E-state index in [1.807, 2.05) is 4.90 Å². The number of ketones is 1. The van der Waals surface area contributed by atoms with E-state index in [2.05, 4.69) is 5.32 Å². The first-order valence-electron chi connectivity index (χ1n) is 9.45. The van der Waals surface area contributed by atoms with Gasteiger partial charge in [-0.1, -0.05) is 23.2 Å². The van der Waals surface area contributed by atoms with Gasteiger partial charge in [0.25, 0.3) is 16.8 Å². The van der Waals surface area contributed by atoms with Gasteiger partial charge in [-0.3, -0.25) is 4.79 Å². The van der Waals surface area contributed by atoms with Crippen LogP contribution in [-0.2, 0) is 6.18 Å². The monoisotopic (exact) mass is 486 g/mol. The van der Waals surface area contributed by atoms with E-state index in [0.717, 1.165) is 18.2 Å². The predicted octanol–water partition coefficient (Wildman–Crippen LogP) is 3.07. The molecule has 168 valence electrons. The Hall–Kier alpha value is -2.82. The van der Waals surface area contributed by atoms with Crippen LogP contribution in [0.4, 0.5) is 18.9 Å². The molecule has 0 bridgehead atoms. The zero-order valence-electron chi connectivity index (χ0n) is 16.2. The number of nitrogens with zero attached hydrogens (tertiary/aromatic N) is 3. The number of halogens is 5. The third-order valence-corrected chi connectivity index (χ3v) is 5.91. The van der Waals surface area contributed by atoms with Crippen molar-refractivity contribution < 1.29 is 27.4 Å². The molecule has 0 unspecified atom stereocenters. The summed E-state index contributed by atoms with van der Waals surface area (Å²) in [6.45, 7) is 2.59. The average molecular weight is 487 g/mol. The fourth-order valence-electron chi connectivity index (χ4n) is 3.62. The maximum absolute atomic E-state index is 13.8. The minimum atomic E-state index is -5.26. The van der Waals surface area contributed by atoms with E-state index in [9.17, 15) is 28.4 Å². The molecule has 7 nitrogen and oxygen atoms in total. The largest absolute Gasteiger partial charge is 0.618 e.